The van der Waals surface area contributed by atoms with Crippen molar-refractivity contribution >= 4 is 28.9 Å². The standard InChI is InChI=1S/CH5BS2/c1-2-4-3/h2-3H,1H3. The number of rotatable bonds is 1. The Kier molecular flexibility index (Phi) is 4.48. The van der Waals surface area contributed by atoms with Crippen molar-refractivity contribution in [2.45, 2.75) is 6.82 Å². The fraction of sp³-hybridized carbons (Fsp3) is 1.00. The fourth-order valence-electron chi connectivity index (χ4n) is 0. The van der Waals surface area contributed by atoms with E-state index in [2.05, 4.69) is 18.5 Å². The summed E-state index contributed by atoms with van der Waals surface area (Å²) in [6.07, 6.45) is 0. The normalized spacial score (nSPS) is 6.50. The molecule has 24 valence electrons. The largest absolute Gasteiger partial charge is 0.202 e. The predicted octanol–water partition coefficient (Wildman–Crippen LogP) is 0.964. The van der Waals surface area contributed by atoms with E-state index in [1.165, 1.54) is 0 Å². The zero-order valence-electron chi connectivity index (χ0n) is 2.56. The Morgan fingerprint density at radius 2 is 2.25 bits per heavy atom. The van der Waals surface area contributed by atoms with Crippen LogP contribution in [0, 0.1) is 0 Å². The molecule has 0 saturated carbocycles. The maximum Gasteiger partial charge on any atom is 0.202 e. The van der Waals surface area contributed by atoms with Gasteiger partial charge in [-0.25, -0.2) is 0 Å². The molecule has 0 unspecified atom stereocenters. The van der Waals surface area contributed by atoms with Gasteiger partial charge < -0.3 is 0 Å². The number of hydrogen-bond acceptors (Lipinski definition) is 2. The van der Waals surface area contributed by atoms with Gasteiger partial charge in [0, 0.05) is 0 Å². The molecule has 0 saturated heterocycles. The zero-order chi connectivity index (χ0) is 3.41. The topological polar surface area (TPSA) is 0 Å². The summed E-state index contributed by atoms with van der Waals surface area (Å²) in [7, 11) is 1.55. The van der Waals surface area contributed by atoms with Crippen molar-refractivity contribution in [3.8, 4) is 0 Å². The highest BCUT2D eigenvalue weighted by molar-refractivity contribution is 8.78. The van der Waals surface area contributed by atoms with Gasteiger partial charge in [-0.1, -0.05) is 6.82 Å². The molecule has 0 fully saturated rings. The minimum absolute atomic E-state index is 1.10. The average Bonchev–Trinajstić information content (AvgIpc) is 1.37. The lowest BCUT2D eigenvalue weighted by atomic mass is 10.2. The van der Waals surface area contributed by atoms with Crippen LogP contribution in [0.2, 0.25) is 6.82 Å². The van der Waals surface area contributed by atoms with E-state index in [9.17, 15) is 0 Å². The monoisotopic (exact) mass is 92.0 g/mol. The average molecular weight is 92.0 g/mol. The number of hydrogen-bond donors (Lipinski definition) is 1. The molecular formula is CH5BS2. The Morgan fingerprint density at radius 3 is 2.25 bits per heavy atom. The molecule has 0 aromatic rings. The van der Waals surface area contributed by atoms with E-state index >= 15 is 0 Å². The molecule has 0 bridgehead atoms. The highest BCUT2D eigenvalue weighted by atomic mass is 33.1. The Hall–Kier alpha value is 0.765. The van der Waals surface area contributed by atoms with E-state index in [-0.39, 0.29) is 0 Å². The fourth-order valence-corrected chi connectivity index (χ4v) is 0. The lowest BCUT2D eigenvalue weighted by Gasteiger charge is -1.64. The van der Waals surface area contributed by atoms with Gasteiger partial charge in [0.15, 0.2) is 0 Å². The van der Waals surface area contributed by atoms with Crippen LogP contribution in [0.15, 0.2) is 0 Å². The maximum absolute atomic E-state index is 3.84. The lowest BCUT2D eigenvalue weighted by Crippen LogP contribution is -1.53. The third-order valence-electron chi connectivity index (χ3n) is 0.129. The molecule has 0 atom stereocenters. The van der Waals surface area contributed by atoms with Gasteiger partial charge in [0.1, 0.15) is 0 Å². The predicted molar refractivity (Wildman–Crippen MR) is 29.6 cm³/mol. The van der Waals surface area contributed by atoms with E-state index in [4.69, 9.17) is 0 Å². The highest BCUT2D eigenvalue weighted by Crippen LogP contribution is 1.97. The SMILES string of the molecule is CBSS. The van der Waals surface area contributed by atoms with E-state index in [1.807, 2.05) is 0 Å². The van der Waals surface area contributed by atoms with E-state index in [1.54, 1.807) is 10.6 Å². The minimum Gasteiger partial charge on any atom is -0.154 e. The number of thiol groups is 1. The van der Waals surface area contributed by atoms with Crippen LogP contribution < -0.4 is 0 Å². The molecule has 0 spiro atoms. The van der Waals surface area contributed by atoms with Crippen molar-refractivity contribution in [3.05, 3.63) is 0 Å². The molecule has 4 heavy (non-hydrogen) atoms. The molecule has 0 nitrogen and oxygen atoms in total. The van der Waals surface area contributed by atoms with Crippen LogP contribution in [0.5, 0.6) is 0 Å². The van der Waals surface area contributed by atoms with Crippen LogP contribution in [-0.4, -0.2) is 6.56 Å². The quantitative estimate of drug-likeness (QED) is 0.285. The van der Waals surface area contributed by atoms with Gasteiger partial charge in [-0.05, 0) is 0 Å². The second-order valence-electron chi connectivity index (χ2n) is 0.418. The smallest absolute Gasteiger partial charge is 0.154 e. The van der Waals surface area contributed by atoms with Crippen LogP contribution in [0.25, 0.3) is 0 Å². The first-order valence-corrected chi connectivity index (χ1v) is 3.22. The molecular weight excluding hydrogens is 87.0 g/mol. The Labute approximate surface area is 36.3 Å². The molecule has 0 heterocycles. The zero-order valence-corrected chi connectivity index (χ0v) is 4.27. The molecule has 0 aliphatic heterocycles. The van der Waals surface area contributed by atoms with Crippen LogP contribution in [0.1, 0.15) is 0 Å². The summed E-state index contributed by atoms with van der Waals surface area (Å²) in [5.74, 6) is 0. The van der Waals surface area contributed by atoms with Gasteiger partial charge in [-0.3, -0.25) is 0 Å². The molecule has 0 aliphatic rings. The molecule has 0 N–H and O–H groups in total. The van der Waals surface area contributed by atoms with Crippen LogP contribution in [0.3, 0.4) is 0 Å². The Bertz CT molecular complexity index is 8.00. The molecule has 0 rings (SSSR count). The summed E-state index contributed by atoms with van der Waals surface area (Å²) in [6.45, 7) is 3.17. The highest BCUT2D eigenvalue weighted by Gasteiger charge is 1.62. The summed E-state index contributed by atoms with van der Waals surface area (Å²) in [5, 5.41) is 0. The van der Waals surface area contributed by atoms with E-state index in [0.29, 0.717) is 0 Å². The molecule has 0 aromatic carbocycles. The van der Waals surface area contributed by atoms with Crippen LogP contribution in [0.4, 0.5) is 0 Å². The van der Waals surface area contributed by atoms with Gasteiger partial charge in [-0.2, -0.15) is 10.6 Å². The summed E-state index contributed by atoms with van der Waals surface area (Å²) < 4.78 is 0. The lowest BCUT2D eigenvalue weighted by molar-refractivity contribution is 2.38. The van der Waals surface area contributed by atoms with Crippen molar-refractivity contribution in [1.29, 1.82) is 0 Å². The van der Waals surface area contributed by atoms with Gasteiger partial charge in [0.05, 0.1) is 0 Å². The third kappa shape index (κ3) is 2.76. The van der Waals surface area contributed by atoms with Crippen LogP contribution in [-0.2, 0) is 0 Å². The Balaban J connectivity index is 1.97. The minimum atomic E-state index is 1.10. The van der Waals surface area contributed by atoms with Crippen LogP contribution >= 0.6 is 22.3 Å². The first-order valence-electron chi connectivity index (χ1n) is 1.18. The summed E-state index contributed by atoms with van der Waals surface area (Å²) in [4.78, 5) is 0. The van der Waals surface area contributed by atoms with E-state index in [0.717, 1.165) is 6.56 Å². The van der Waals surface area contributed by atoms with Gasteiger partial charge >= 0.3 is 0 Å². The second kappa shape index (κ2) is 3.76. The first-order chi connectivity index (χ1) is 1.91. The Morgan fingerprint density at radius 1 is 2.00 bits per heavy atom. The van der Waals surface area contributed by atoms with Crippen molar-refractivity contribution in [3.63, 3.8) is 0 Å². The van der Waals surface area contributed by atoms with Gasteiger partial charge in [0.2, 0.25) is 6.56 Å². The summed E-state index contributed by atoms with van der Waals surface area (Å²) in [5.41, 5.74) is 0. The van der Waals surface area contributed by atoms with Crippen molar-refractivity contribution < 1.29 is 0 Å². The van der Waals surface area contributed by atoms with Crippen molar-refractivity contribution in [2.24, 2.45) is 0 Å². The molecule has 3 heteroatoms. The maximum atomic E-state index is 3.84. The summed E-state index contributed by atoms with van der Waals surface area (Å²) >= 11 is 3.84. The van der Waals surface area contributed by atoms with Crippen molar-refractivity contribution in [1.82, 2.24) is 0 Å². The first kappa shape index (κ1) is 4.76. The van der Waals surface area contributed by atoms with Gasteiger partial charge in [0.25, 0.3) is 0 Å². The van der Waals surface area contributed by atoms with Gasteiger partial charge in [-0.15, -0.1) is 11.7 Å². The second-order valence-corrected chi connectivity index (χ2v) is 2.03. The molecule has 0 radical (unpaired) electrons. The molecule has 0 aliphatic carbocycles. The third-order valence-corrected chi connectivity index (χ3v) is 1.16. The molecule has 0 amide bonds. The van der Waals surface area contributed by atoms with E-state index < -0.39 is 0 Å². The summed E-state index contributed by atoms with van der Waals surface area (Å²) in [6, 6.07) is 0. The van der Waals surface area contributed by atoms with Crippen molar-refractivity contribution in [2.75, 3.05) is 0 Å². The molecule has 0 aromatic heterocycles.